The second-order valence-electron chi connectivity index (χ2n) is 5.09. The molecule has 8 nitrogen and oxygen atoms in total. The van der Waals surface area contributed by atoms with Crippen molar-refractivity contribution in [1.29, 1.82) is 0 Å². The fraction of sp³-hybridized carbons (Fsp3) is 0.188. The van der Waals surface area contributed by atoms with Crippen LogP contribution >= 0.6 is 0 Å². The summed E-state index contributed by atoms with van der Waals surface area (Å²) in [4.78, 5) is 42.7. The minimum atomic E-state index is -0.385. The Balaban J connectivity index is 1.48. The molecule has 3 rings (SSSR count). The highest BCUT2D eigenvalue weighted by Crippen LogP contribution is 2.23. The van der Waals surface area contributed by atoms with E-state index in [2.05, 4.69) is 20.6 Å². The van der Waals surface area contributed by atoms with Crippen molar-refractivity contribution in [2.45, 2.75) is 13.0 Å². The summed E-state index contributed by atoms with van der Waals surface area (Å²) in [7, 11) is 0. The molecule has 0 radical (unpaired) electrons. The van der Waals surface area contributed by atoms with E-state index in [9.17, 15) is 14.4 Å². The number of benzene rings is 1. The summed E-state index contributed by atoms with van der Waals surface area (Å²) in [5, 5.41) is 5.31. The third-order valence-corrected chi connectivity index (χ3v) is 3.40. The molecule has 0 saturated heterocycles. The summed E-state index contributed by atoms with van der Waals surface area (Å²) >= 11 is 0. The molecular formula is C16H14N4O4. The van der Waals surface area contributed by atoms with E-state index in [1.807, 2.05) is 0 Å². The monoisotopic (exact) mass is 326 g/mol. The van der Waals surface area contributed by atoms with Crippen LogP contribution in [0.3, 0.4) is 0 Å². The number of hydrogen-bond acceptors (Lipinski definition) is 6. The lowest BCUT2D eigenvalue weighted by molar-refractivity contribution is -0.116. The summed E-state index contributed by atoms with van der Waals surface area (Å²) < 4.78 is 4.91. The van der Waals surface area contributed by atoms with Gasteiger partial charge in [0.05, 0.1) is 11.8 Å². The van der Waals surface area contributed by atoms with Crippen LogP contribution in [0.5, 0.6) is 0 Å². The first-order chi connectivity index (χ1) is 11.6. The molecule has 0 atom stereocenters. The lowest BCUT2D eigenvalue weighted by Crippen LogP contribution is -2.28. The smallest absolute Gasteiger partial charge is 0.338 e. The van der Waals surface area contributed by atoms with Crippen LogP contribution in [0, 0.1) is 0 Å². The Bertz CT molecular complexity index is 792. The van der Waals surface area contributed by atoms with Crippen LogP contribution in [-0.2, 0) is 16.1 Å². The molecule has 0 fully saturated rings. The summed E-state index contributed by atoms with van der Waals surface area (Å²) in [6.07, 6.45) is 4.35. The highest BCUT2D eigenvalue weighted by molar-refractivity contribution is 5.96. The summed E-state index contributed by atoms with van der Waals surface area (Å²) in [6, 6.07) is 4.97. The number of nitrogens with one attached hydrogen (secondary N) is 2. The zero-order valence-electron chi connectivity index (χ0n) is 12.6. The van der Waals surface area contributed by atoms with Gasteiger partial charge in [0, 0.05) is 36.6 Å². The van der Waals surface area contributed by atoms with Gasteiger partial charge in [-0.1, -0.05) is 0 Å². The first kappa shape index (κ1) is 15.6. The van der Waals surface area contributed by atoms with Gasteiger partial charge in [0.15, 0.2) is 0 Å². The molecule has 0 bridgehead atoms. The molecule has 1 aromatic carbocycles. The van der Waals surface area contributed by atoms with Gasteiger partial charge in [-0.05, 0) is 18.2 Å². The van der Waals surface area contributed by atoms with Gasteiger partial charge in [0.2, 0.25) is 5.91 Å². The van der Waals surface area contributed by atoms with E-state index in [0.717, 1.165) is 5.56 Å². The predicted molar refractivity (Wildman–Crippen MR) is 83.2 cm³/mol. The van der Waals surface area contributed by atoms with Crippen molar-refractivity contribution < 1.29 is 19.1 Å². The van der Waals surface area contributed by atoms with Crippen molar-refractivity contribution >= 4 is 23.5 Å². The zero-order valence-corrected chi connectivity index (χ0v) is 12.6. The molecule has 2 aromatic rings. The standard InChI is InChI=1S/C16H14N4O4/c21-14(3-4-19-15(22)13-8-17-5-6-18-13)20-11-1-2-12-10(7-11)9-24-16(12)23/h1-2,5-8H,3-4,9H2,(H,19,22)(H,20,21). The molecular weight excluding hydrogens is 312 g/mol. The summed E-state index contributed by atoms with van der Waals surface area (Å²) in [5.41, 5.74) is 2.04. The number of nitrogens with zero attached hydrogens (tertiary/aromatic N) is 2. The molecule has 122 valence electrons. The fourth-order valence-electron chi connectivity index (χ4n) is 2.23. The van der Waals surface area contributed by atoms with Crippen LogP contribution < -0.4 is 10.6 Å². The number of anilines is 1. The number of cyclic esters (lactones) is 1. The van der Waals surface area contributed by atoms with Crippen molar-refractivity contribution in [3.8, 4) is 0 Å². The number of amides is 2. The Morgan fingerprint density at radius 3 is 2.92 bits per heavy atom. The molecule has 24 heavy (non-hydrogen) atoms. The van der Waals surface area contributed by atoms with Crippen LogP contribution in [-0.4, -0.2) is 34.3 Å². The van der Waals surface area contributed by atoms with Crippen LogP contribution in [0.2, 0.25) is 0 Å². The Morgan fingerprint density at radius 2 is 2.12 bits per heavy atom. The van der Waals surface area contributed by atoms with Gasteiger partial charge in [0.1, 0.15) is 12.3 Å². The van der Waals surface area contributed by atoms with Crippen LogP contribution in [0.4, 0.5) is 5.69 Å². The Kier molecular flexibility index (Phi) is 4.46. The Hall–Kier alpha value is -3.29. The van der Waals surface area contributed by atoms with Crippen LogP contribution in [0.15, 0.2) is 36.8 Å². The van der Waals surface area contributed by atoms with Gasteiger partial charge in [-0.2, -0.15) is 0 Å². The van der Waals surface area contributed by atoms with Crippen molar-refractivity contribution in [2.75, 3.05) is 11.9 Å². The van der Waals surface area contributed by atoms with Crippen molar-refractivity contribution in [1.82, 2.24) is 15.3 Å². The normalized spacial score (nSPS) is 12.2. The number of fused-ring (bicyclic) bond motifs is 1. The van der Waals surface area contributed by atoms with E-state index in [4.69, 9.17) is 4.74 Å². The second kappa shape index (κ2) is 6.86. The van der Waals surface area contributed by atoms with Crippen molar-refractivity contribution in [2.24, 2.45) is 0 Å². The van der Waals surface area contributed by atoms with Gasteiger partial charge in [0.25, 0.3) is 5.91 Å². The van der Waals surface area contributed by atoms with E-state index in [0.29, 0.717) is 11.3 Å². The molecule has 0 saturated carbocycles. The molecule has 2 heterocycles. The summed E-state index contributed by atoms with van der Waals surface area (Å²) in [5.74, 6) is -0.988. The zero-order chi connectivity index (χ0) is 16.9. The van der Waals surface area contributed by atoms with E-state index in [1.165, 1.54) is 18.6 Å². The minimum absolute atomic E-state index is 0.110. The first-order valence-electron chi connectivity index (χ1n) is 7.27. The Labute approximate surface area is 137 Å². The molecule has 8 heteroatoms. The Morgan fingerprint density at radius 1 is 1.25 bits per heavy atom. The minimum Gasteiger partial charge on any atom is -0.457 e. The SMILES string of the molecule is O=C(CCNC(=O)c1cnccn1)Nc1ccc2c(c1)COC2=O. The molecule has 0 spiro atoms. The fourth-order valence-corrected chi connectivity index (χ4v) is 2.23. The number of esters is 1. The quantitative estimate of drug-likeness (QED) is 0.790. The third kappa shape index (κ3) is 3.54. The van der Waals surface area contributed by atoms with Gasteiger partial charge in [-0.3, -0.25) is 14.6 Å². The highest BCUT2D eigenvalue weighted by atomic mass is 16.5. The van der Waals surface area contributed by atoms with E-state index in [-0.39, 0.29) is 43.1 Å². The largest absolute Gasteiger partial charge is 0.457 e. The number of carbonyl (C=O) groups excluding carboxylic acids is 3. The lowest BCUT2D eigenvalue weighted by atomic mass is 10.1. The highest BCUT2D eigenvalue weighted by Gasteiger charge is 2.21. The third-order valence-electron chi connectivity index (χ3n) is 3.40. The van der Waals surface area contributed by atoms with Gasteiger partial charge in [-0.15, -0.1) is 0 Å². The number of rotatable bonds is 5. The average Bonchev–Trinajstić information content (AvgIpc) is 2.96. The molecule has 2 amide bonds. The van der Waals surface area contributed by atoms with Crippen LogP contribution in [0.25, 0.3) is 0 Å². The number of carbonyl (C=O) groups is 3. The van der Waals surface area contributed by atoms with E-state index < -0.39 is 0 Å². The number of aromatic nitrogens is 2. The van der Waals surface area contributed by atoms with Crippen LogP contribution in [0.1, 0.15) is 32.8 Å². The number of hydrogen-bond donors (Lipinski definition) is 2. The maximum absolute atomic E-state index is 11.9. The molecule has 1 aliphatic heterocycles. The van der Waals surface area contributed by atoms with Crippen molar-refractivity contribution in [3.05, 3.63) is 53.6 Å². The van der Waals surface area contributed by atoms with E-state index in [1.54, 1.807) is 18.2 Å². The van der Waals surface area contributed by atoms with Gasteiger partial charge < -0.3 is 15.4 Å². The van der Waals surface area contributed by atoms with Crippen molar-refractivity contribution in [3.63, 3.8) is 0 Å². The lowest BCUT2D eigenvalue weighted by Gasteiger charge is -2.07. The molecule has 2 N–H and O–H groups in total. The maximum Gasteiger partial charge on any atom is 0.338 e. The summed E-state index contributed by atoms with van der Waals surface area (Å²) in [6.45, 7) is 0.389. The van der Waals surface area contributed by atoms with Gasteiger partial charge >= 0.3 is 5.97 Å². The van der Waals surface area contributed by atoms with Gasteiger partial charge in [-0.25, -0.2) is 9.78 Å². The second-order valence-corrected chi connectivity index (χ2v) is 5.09. The molecule has 1 aliphatic rings. The number of ether oxygens (including phenoxy) is 1. The topological polar surface area (TPSA) is 110 Å². The maximum atomic E-state index is 11.9. The predicted octanol–water partition coefficient (Wildman–Crippen LogP) is 0.906. The molecule has 0 unspecified atom stereocenters. The average molecular weight is 326 g/mol. The first-order valence-corrected chi connectivity index (χ1v) is 7.27. The molecule has 1 aromatic heterocycles. The van der Waals surface area contributed by atoms with E-state index >= 15 is 0 Å². The molecule has 0 aliphatic carbocycles.